The number of hydrogen-bond donors (Lipinski definition) is 1. The maximum absolute atomic E-state index is 3.55. The van der Waals surface area contributed by atoms with Crippen molar-refractivity contribution in [1.82, 2.24) is 9.88 Å². The fourth-order valence-corrected chi connectivity index (χ4v) is 2.06. The second-order valence-electron chi connectivity index (χ2n) is 6.76. The first-order valence-corrected chi connectivity index (χ1v) is 7.19. The summed E-state index contributed by atoms with van der Waals surface area (Å²) < 4.78 is 2.39. The Morgan fingerprint density at radius 3 is 2.50 bits per heavy atom. The third-order valence-corrected chi connectivity index (χ3v) is 3.34. The summed E-state index contributed by atoms with van der Waals surface area (Å²) in [6.07, 6.45) is 4.82. The molecule has 0 saturated heterocycles. The molecule has 0 amide bonds. The van der Waals surface area contributed by atoms with Gasteiger partial charge in [-0.3, -0.25) is 0 Å². The Labute approximate surface area is 113 Å². The van der Waals surface area contributed by atoms with Crippen LogP contribution in [0.25, 0.3) is 0 Å². The quantitative estimate of drug-likeness (QED) is 0.803. The van der Waals surface area contributed by atoms with Crippen molar-refractivity contribution < 1.29 is 0 Å². The van der Waals surface area contributed by atoms with Crippen LogP contribution in [0, 0.1) is 12.8 Å². The second-order valence-corrected chi connectivity index (χ2v) is 6.76. The number of rotatable bonds is 6. The second kappa shape index (κ2) is 6.42. The van der Waals surface area contributed by atoms with Crippen LogP contribution >= 0.6 is 0 Å². The molecule has 1 N–H and O–H groups in total. The standard InChI is InChI=1S/C16H30N2/c1-13(2)8-7-10-18-11-9-15(14(18)3)12-17-16(4,5)6/h9,11,13,17H,7-8,10,12H2,1-6H3. The molecule has 0 saturated carbocycles. The zero-order valence-corrected chi connectivity index (χ0v) is 13.0. The molecule has 1 rings (SSSR count). The highest BCUT2D eigenvalue weighted by atomic mass is 15.0. The first-order chi connectivity index (χ1) is 8.29. The predicted octanol–water partition coefficient (Wildman–Crippen LogP) is 4.12. The van der Waals surface area contributed by atoms with Gasteiger partial charge < -0.3 is 9.88 Å². The van der Waals surface area contributed by atoms with Crippen molar-refractivity contribution >= 4 is 0 Å². The van der Waals surface area contributed by atoms with Crippen LogP contribution in [0.5, 0.6) is 0 Å². The summed E-state index contributed by atoms with van der Waals surface area (Å²) in [6, 6.07) is 2.25. The van der Waals surface area contributed by atoms with Crippen molar-refractivity contribution in [2.24, 2.45) is 5.92 Å². The van der Waals surface area contributed by atoms with Crippen LogP contribution in [-0.4, -0.2) is 10.1 Å². The largest absolute Gasteiger partial charge is 0.351 e. The highest BCUT2D eigenvalue weighted by Gasteiger charge is 2.11. The first kappa shape index (κ1) is 15.3. The van der Waals surface area contributed by atoms with E-state index in [0.29, 0.717) is 0 Å². The third-order valence-electron chi connectivity index (χ3n) is 3.34. The van der Waals surface area contributed by atoms with Crippen molar-refractivity contribution in [1.29, 1.82) is 0 Å². The van der Waals surface area contributed by atoms with Gasteiger partial charge in [0.05, 0.1) is 0 Å². The van der Waals surface area contributed by atoms with Gasteiger partial charge in [0.25, 0.3) is 0 Å². The van der Waals surface area contributed by atoms with Gasteiger partial charge >= 0.3 is 0 Å². The van der Waals surface area contributed by atoms with Crippen LogP contribution in [0.3, 0.4) is 0 Å². The molecule has 0 bridgehead atoms. The fraction of sp³-hybridized carbons (Fsp3) is 0.750. The molecule has 1 heterocycles. The SMILES string of the molecule is Cc1c(CNC(C)(C)C)ccn1CCCC(C)C. The summed E-state index contributed by atoms with van der Waals surface area (Å²) in [5.41, 5.74) is 3.02. The molecule has 2 heteroatoms. The normalized spacial score (nSPS) is 12.4. The van der Waals surface area contributed by atoms with Crippen LogP contribution in [0.1, 0.15) is 58.7 Å². The molecule has 0 aromatic carbocycles. The fourth-order valence-electron chi connectivity index (χ4n) is 2.06. The third kappa shape index (κ3) is 5.26. The lowest BCUT2D eigenvalue weighted by atomic mass is 10.1. The Balaban J connectivity index is 2.50. The van der Waals surface area contributed by atoms with Crippen molar-refractivity contribution in [3.05, 3.63) is 23.5 Å². The van der Waals surface area contributed by atoms with Crippen molar-refractivity contribution in [3.8, 4) is 0 Å². The van der Waals surface area contributed by atoms with Gasteiger partial charge in [-0.1, -0.05) is 13.8 Å². The zero-order valence-electron chi connectivity index (χ0n) is 13.0. The Morgan fingerprint density at radius 2 is 1.94 bits per heavy atom. The van der Waals surface area contributed by atoms with Crippen LogP contribution in [0.2, 0.25) is 0 Å². The molecule has 0 radical (unpaired) electrons. The Bertz CT molecular complexity index is 356. The molecule has 1 aromatic rings. The molecule has 104 valence electrons. The Kier molecular flexibility index (Phi) is 5.46. The summed E-state index contributed by atoms with van der Waals surface area (Å²) >= 11 is 0. The molecule has 0 atom stereocenters. The molecule has 2 nitrogen and oxygen atoms in total. The zero-order chi connectivity index (χ0) is 13.8. The van der Waals surface area contributed by atoms with E-state index in [0.717, 1.165) is 19.0 Å². The van der Waals surface area contributed by atoms with E-state index in [-0.39, 0.29) is 5.54 Å². The van der Waals surface area contributed by atoms with E-state index in [2.05, 4.69) is 63.7 Å². The van der Waals surface area contributed by atoms with Crippen LogP contribution in [-0.2, 0) is 13.1 Å². The average Bonchev–Trinajstić information content (AvgIpc) is 2.56. The summed E-state index contributed by atoms with van der Waals surface area (Å²) in [5.74, 6) is 0.808. The van der Waals surface area contributed by atoms with Crippen LogP contribution < -0.4 is 5.32 Å². The van der Waals surface area contributed by atoms with E-state index in [1.54, 1.807) is 0 Å². The molecular weight excluding hydrogens is 220 g/mol. The molecule has 0 aliphatic heterocycles. The van der Waals surface area contributed by atoms with Gasteiger partial charge in [-0.15, -0.1) is 0 Å². The minimum Gasteiger partial charge on any atom is -0.351 e. The highest BCUT2D eigenvalue weighted by Crippen LogP contribution is 2.14. The van der Waals surface area contributed by atoms with E-state index in [4.69, 9.17) is 0 Å². The van der Waals surface area contributed by atoms with Crippen LogP contribution in [0.15, 0.2) is 12.3 Å². The minimum absolute atomic E-state index is 0.187. The molecule has 0 aliphatic rings. The lowest BCUT2D eigenvalue weighted by molar-refractivity contribution is 0.423. The smallest absolute Gasteiger partial charge is 0.0228 e. The van der Waals surface area contributed by atoms with Gasteiger partial charge in [0.1, 0.15) is 0 Å². The number of aromatic nitrogens is 1. The number of aryl methyl sites for hydroxylation is 1. The molecule has 0 aliphatic carbocycles. The molecule has 1 aromatic heterocycles. The first-order valence-electron chi connectivity index (χ1n) is 7.19. The van der Waals surface area contributed by atoms with E-state index in [1.165, 1.54) is 24.1 Å². The maximum Gasteiger partial charge on any atom is 0.0228 e. The van der Waals surface area contributed by atoms with Crippen molar-refractivity contribution in [2.75, 3.05) is 0 Å². The Hall–Kier alpha value is -0.760. The van der Waals surface area contributed by atoms with E-state index in [9.17, 15) is 0 Å². The van der Waals surface area contributed by atoms with E-state index in [1.807, 2.05) is 0 Å². The summed E-state index contributed by atoms with van der Waals surface area (Å²) in [7, 11) is 0. The van der Waals surface area contributed by atoms with Gasteiger partial charge in [-0.25, -0.2) is 0 Å². The minimum atomic E-state index is 0.187. The van der Waals surface area contributed by atoms with Crippen LogP contribution in [0.4, 0.5) is 0 Å². The van der Waals surface area contributed by atoms with Gasteiger partial charge in [0, 0.05) is 30.5 Å². The molecule has 0 unspecified atom stereocenters. The van der Waals surface area contributed by atoms with Gasteiger partial charge in [-0.05, 0) is 58.1 Å². The van der Waals surface area contributed by atoms with Gasteiger partial charge in [0.2, 0.25) is 0 Å². The van der Waals surface area contributed by atoms with Crippen molar-refractivity contribution in [3.63, 3.8) is 0 Å². The average molecular weight is 250 g/mol. The summed E-state index contributed by atoms with van der Waals surface area (Å²) in [6.45, 7) is 15.6. The molecule has 18 heavy (non-hydrogen) atoms. The van der Waals surface area contributed by atoms with Gasteiger partial charge in [0.15, 0.2) is 0 Å². The lowest BCUT2D eigenvalue weighted by Gasteiger charge is -2.20. The van der Waals surface area contributed by atoms with E-state index >= 15 is 0 Å². The number of hydrogen-bond acceptors (Lipinski definition) is 1. The Morgan fingerprint density at radius 1 is 1.28 bits per heavy atom. The monoisotopic (exact) mass is 250 g/mol. The molecule has 0 spiro atoms. The maximum atomic E-state index is 3.55. The number of nitrogens with one attached hydrogen (secondary N) is 1. The summed E-state index contributed by atoms with van der Waals surface area (Å²) in [4.78, 5) is 0. The van der Waals surface area contributed by atoms with E-state index < -0.39 is 0 Å². The topological polar surface area (TPSA) is 17.0 Å². The highest BCUT2D eigenvalue weighted by molar-refractivity contribution is 5.21. The summed E-state index contributed by atoms with van der Waals surface area (Å²) in [5, 5.41) is 3.55. The van der Waals surface area contributed by atoms with Gasteiger partial charge in [-0.2, -0.15) is 0 Å². The predicted molar refractivity (Wildman–Crippen MR) is 79.8 cm³/mol. The number of nitrogens with zero attached hydrogens (tertiary/aromatic N) is 1. The lowest BCUT2D eigenvalue weighted by Crippen LogP contribution is -2.35. The van der Waals surface area contributed by atoms with Crippen molar-refractivity contribution in [2.45, 2.75) is 73.0 Å². The molecular formula is C16H30N2. The molecule has 0 fully saturated rings.